The Kier molecular flexibility index (Phi) is 5.98. The molecule has 3 aromatic carbocycles. The lowest BCUT2D eigenvalue weighted by atomic mass is 9.83. The highest BCUT2D eigenvalue weighted by Crippen LogP contribution is 2.54. The summed E-state index contributed by atoms with van der Waals surface area (Å²) in [5, 5.41) is 20.2. The predicted octanol–water partition coefficient (Wildman–Crippen LogP) is 5.89. The molecule has 10 heteroatoms. The van der Waals surface area contributed by atoms with Crippen molar-refractivity contribution in [1.29, 1.82) is 0 Å². The van der Waals surface area contributed by atoms with Crippen molar-refractivity contribution in [3.8, 4) is 11.5 Å². The highest BCUT2D eigenvalue weighted by Gasteiger charge is 2.52. The maximum atomic E-state index is 13.0. The number of hydrogen-bond donors (Lipinski definition) is 3. The largest absolute Gasteiger partial charge is 0.504 e. The van der Waals surface area contributed by atoms with Gasteiger partial charge in [-0.2, -0.15) is 8.42 Å². The third-order valence-electron chi connectivity index (χ3n) is 4.36. The van der Waals surface area contributed by atoms with Crippen LogP contribution < -0.4 is 0 Å². The summed E-state index contributed by atoms with van der Waals surface area (Å²) in [5.74, 6) is -1.61. The molecule has 0 amide bonds. The summed E-state index contributed by atoms with van der Waals surface area (Å²) in [6.45, 7) is 0. The van der Waals surface area contributed by atoms with Crippen molar-refractivity contribution in [1.82, 2.24) is 0 Å². The van der Waals surface area contributed by atoms with Crippen LogP contribution in [0.4, 0.5) is 0 Å². The number of phenols is 2. The van der Waals surface area contributed by atoms with E-state index in [9.17, 15) is 23.2 Å². The molecule has 3 N–H and O–H groups in total. The fraction of sp³-hybridized carbons (Fsp3) is 0.0526. The van der Waals surface area contributed by atoms with Gasteiger partial charge in [-0.25, -0.2) is 0 Å². The van der Waals surface area contributed by atoms with E-state index in [2.05, 4.69) is 0 Å². The van der Waals surface area contributed by atoms with Gasteiger partial charge in [0.1, 0.15) is 0 Å². The molecule has 0 bridgehead atoms. The zero-order valence-electron chi connectivity index (χ0n) is 14.3. The molecule has 1 unspecified atom stereocenters. The van der Waals surface area contributed by atoms with Gasteiger partial charge in [-0.05, 0) is 29.3 Å². The topological polar surface area (TPSA) is 94.8 Å². The first kappa shape index (κ1) is 22.0. The van der Waals surface area contributed by atoms with Crippen LogP contribution in [0.5, 0.6) is 11.5 Å². The lowest BCUT2D eigenvalue weighted by molar-refractivity contribution is 0.394. The molecular weight excluding hydrogens is 482 g/mol. The Balaban J connectivity index is 2.67. The molecule has 0 heterocycles. The minimum absolute atomic E-state index is 0.000278. The average molecular weight is 494 g/mol. The second-order valence-corrected chi connectivity index (χ2v) is 9.32. The molecule has 0 aliphatic rings. The molecule has 29 heavy (non-hydrogen) atoms. The van der Waals surface area contributed by atoms with E-state index in [4.69, 9.17) is 46.4 Å². The third kappa shape index (κ3) is 3.65. The van der Waals surface area contributed by atoms with E-state index in [1.165, 1.54) is 42.5 Å². The first-order valence-corrected chi connectivity index (χ1v) is 10.8. The zero-order valence-corrected chi connectivity index (χ0v) is 18.1. The molecule has 1 atom stereocenters. The second kappa shape index (κ2) is 7.87. The first-order valence-electron chi connectivity index (χ1n) is 7.89. The molecule has 152 valence electrons. The molecule has 0 saturated carbocycles. The highest BCUT2D eigenvalue weighted by atomic mass is 35.5. The fourth-order valence-corrected chi connectivity index (χ4v) is 5.61. The molecule has 3 aromatic rings. The maximum absolute atomic E-state index is 13.0. The van der Waals surface area contributed by atoms with E-state index >= 15 is 0 Å². The maximum Gasteiger partial charge on any atom is 0.283 e. The summed E-state index contributed by atoms with van der Waals surface area (Å²) in [4.78, 5) is 0. The van der Waals surface area contributed by atoms with Crippen molar-refractivity contribution in [2.24, 2.45) is 0 Å². The van der Waals surface area contributed by atoms with Crippen molar-refractivity contribution in [2.75, 3.05) is 0 Å². The second-order valence-electron chi connectivity index (χ2n) is 6.10. The molecule has 0 aromatic heterocycles. The van der Waals surface area contributed by atoms with Gasteiger partial charge in [0.25, 0.3) is 10.1 Å². The summed E-state index contributed by atoms with van der Waals surface area (Å²) in [5.41, 5.74) is -0.668. The summed E-state index contributed by atoms with van der Waals surface area (Å²) >= 11 is 24.5. The van der Waals surface area contributed by atoms with Gasteiger partial charge in [-0.15, -0.1) is 0 Å². The summed E-state index contributed by atoms with van der Waals surface area (Å²) in [7, 11) is -5.13. The first-order chi connectivity index (χ1) is 13.5. The molecule has 0 aliphatic heterocycles. The Morgan fingerprint density at radius 1 is 0.793 bits per heavy atom. The highest BCUT2D eigenvalue weighted by molar-refractivity contribution is 7.87. The molecule has 0 saturated heterocycles. The number of rotatable bonds is 4. The van der Waals surface area contributed by atoms with Gasteiger partial charge in [0.15, 0.2) is 16.2 Å². The van der Waals surface area contributed by atoms with Gasteiger partial charge in [0.05, 0.1) is 15.6 Å². The van der Waals surface area contributed by atoms with Gasteiger partial charge in [0.2, 0.25) is 0 Å². The number of halogens is 4. The van der Waals surface area contributed by atoms with E-state index in [1.54, 1.807) is 6.07 Å². The monoisotopic (exact) mass is 492 g/mol. The number of aromatic hydroxyl groups is 2. The van der Waals surface area contributed by atoms with Crippen molar-refractivity contribution >= 4 is 56.5 Å². The normalized spacial score (nSPS) is 13.8. The average Bonchev–Trinajstić information content (AvgIpc) is 2.62. The Labute approximate surface area is 186 Å². The minimum atomic E-state index is -5.13. The van der Waals surface area contributed by atoms with Crippen LogP contribution in [0.25, 0.3) is 0 Å². The number of benzene rings is 3. The molecule has 3 rings (SSSR count). The molecule has 0 fully saturated rings. The SMILES string of the molecule is O=S(=O)(O)C(c1ccccc1)(c1cc(Cl)cc(Cl)c1)c1c(O)c(O)cc(Cl)c1Cl. The lowest BCUT2D eigenvalue weighted by Crippen LogP contribution is -2.38. The van der Waals surface area contributed by atoms with Crippen molar-refractivity contribution in [3.05, 3.63) is 91.4 Å². The van der Waals surface area contributed by atoms with E-state index in [0.717, 1.165) is 6.07 Å². The van der Waals surface area contributed by atoms with Crippen LogP contribution in [0.3, 0.4) is 0 Å². The van der Waals surface area contributed by atoms with Crippen molar-refractivity contribution in [2.45, 2.75) is 4.75 Å². The van der Waals surface area contributed by atoms with Crippen LogP contribution >= 0.6 is 46.4 Å². The summed E-state index contributed by atoms with van der Waals surface area (Å²) in [6.07, 6.45) is 0. The van der Waals surface area contributed by atoms with Crippen molar-refractivity contribution in [3.63, 3.8) is 0 Å². The molecular formula is C19H12Cl4O5S. The molecule has 5 nitrogen and oxygen atoms in total. The van der Waals surface area contributed by atoms with Gasteiger partial charge in [-0.1, -0.05) is 76.7 Å². The van der Waals surface area contributed by atoms with Crippen LogP contribution in [-0.2, 0) is 14.9 Å². The molecule has 0 aliphatic carbocycles. The van der Waals surface area contributed by atoms with Gasteiger partial charge in [-0.3, -0.25) is 4.55 Å². The van der Waals surface area contributed by atoms with Crippen LogP contribution in [0.1, 0.15) is 16.7 Å². The molecule has 0 spiro atoms. The minimum Gasteiger partial charge on any atom is -0.504 e. The Hall–Kier alpha value is -1.67. The van der Waals surface area contributed by atoms with E-state index in [-0.39, 0.29) is 31.2 Å². The molecule has 0 radical (unpaired) electrons. The van der Waals surface area contributed by atoms with E-state index in [1.807, 2.05) is 0 Å². The van der Waals surface area contributed by atoms with Crippen molar-refractivity contribution < 1.29 is 23.2 Å². The van der Waals surface area contributed by atoms with Crippen LogP contribution in [0.2, 0.25) is 20.1 Å². The fourth-order valence-electron chi connectivity index (χ4n) is 3.24. The zero-order chi connectivity index (χ0) is 21.6. The van der Waals surface area contributed by atoms with Gasteiger partial charge < -0.3 is 10.2 Å². The predicted molar refractivity (Wildman–Crippen MR) is 114 cm³/mol. The Bertz CT molecular complexity index is 1150. The van der Waals surface area contributed by atoms with Crippen LogP contribution in [0.15, 0.2) is 54.6 Å². The van der Waals surface area contributed by atoms with E-state index in [0.29, 0.717) is 0 Å². The van der Waals surface area contributed by atoms with Crippen LogP contribution in [0, 0.1) is 0 Å². The Morgan fingerprint density at radius 2 is 1.34 bits per heavy atom. The Morgan fingerprint density at radius 3 is 1.86 bits per heavy atom. The lowest BCUT2D eigenvalue weighted by Gasteiger charge is -2.34. The summed E-state index contributed by atoms with van der Waals surface area (Å²) in [6, 6.07) is 12.3. The van der Waals surface area contributed by atoms with Gasteiger partial charge >= 0.3 is 0 Å². The van der Waals surface area contributed by atoms with Crippen LogP contribution in [-0.4, -0.2) is 23.2 Å². The smallest absolute Gasteiger partial charge is 0.283 e. The standard InChI is InChI=1S/C19H12Cl4O5S/c20-12-6-11(7-13(21)8-12)19(29(26,27)28,10-4-2-1-3-5-10)16-17(23)14(22)9-15(24)18(16)25/h1-9,24-25H,(H,26,27,28). The third-order valence-corrected chi connectivity index (χ3v) is 7.03. The van der Waals surface area contributed by atoms with Gasteiger partial charge in [0, 0.05) is 16.1 Å². The summed E-state index contributed by atoms with van der Waals surface area (Å²) < 4.78 is 33.9. The number of hydrogen-bond acceptors (Lipinski definition) is 4. The number of phenolic OH excluding ortho intramolecular Hbond substituents is 2. The van der Waals surface area contributed by atoms with E-state index < -0.39 is 31.9 Å². The quantitative estimate of drug-likeness (QED) is 0.239.